The van der Waals surface area contributed by atoms with E-state index < -0.39 is 5.76 Å². The Morgan fingerprint density at radius 3 is 2.74 bits per heavy atom. The Balaban J connectivity index is 0.00000180. The fraction of sp³-hybridized carbons (Fsp3) is 0.455. The largest absolute Gasteiger partial charge is 0.336 e. The quantitative estimate of drug-likeness (QED) is 0.866. The number of amides is 1. The minimum Gasteiger partial charge on any atom is -0.336 e. The Kier molecular flexibility index (Phi) is 6.47. The Morgan fingerprint density at radius 1 is 1.42 bits per heavy atom. The monoisotopic (exact) mass is 309 g/mol. The van der Waals surface area contributed by atoms with Crippen LogP contribution in [0.2, 0.25) is 0 Å². The number of carbonyl (C=O) groups is 1. The van der Waals surface area contributed by atoms with Gasteiger partial charge in [-0.1, -0.05) is 0 Å². The first-order valence-electron chi connectivity index (χ1n) is 5.58. The number of halogens is 3. The maximum Gasteiger partial charge on any atom is 0.290 e. The number of hydrogen-bond acceptors (Lipinski definition) is 4. The maximum atomic E-state index is 12.4. The van der Waals surface area contributed by atoms with E-state index in [9.17, 15) is 13.6 Å². The van der Waals surface area contributed by atoms with Gasteiger partial charge in [-0.15, -0.1) is 12.4 Å². The summed E-state index contributed by atoms with van der Waals surface area (Å²) in [4.78, 5) is 17.7. The van der Waals surface area contributed by atoms with Gasteiger partial charge in [0.2, 0.25) is 0 Å². The van der Waals surface area contributed by atoms with Crippen LogP contribution in [0.3, 0.4) is 0 Å². The molecule has 8 heteroatoms. The first kappa shape index (κ1) is 16.1. The van der Waals surface area contributed by atoms with Gasteiger partial charge in [0.25, 0.3) is 11.7 Å². The number of pyridine rings is 1. The van der Waals surface area contributed by atoms with Crippen LogP contribution in [0.1, 0.15) is 10.4 Å². The molecule has 19 heavy (non-hydrogen) atoms. The summed E-state index contributed by atoms with van der Waals surface area (Å²) >= 11 is 0.310. The Hall–Kier alpha value is -0.920. The first-order chi connectivity index (χ1) is 8.68. The predicted molar refractivity (Wildman–Crippen MR) is 72.1 cm³/mol. The van der Waals surface area contributed by atoms with Gasteiger partial charge >= 0.3 is 0 Å². The SMILES string of the molecule is Cl.O=C(c1cccnc1SC(F)F)N1CCNCC1. The number of hydrogen-bond donors (Lipinski definition) is 1. The van der Waals surface area contributed by atoms with Crippen LogP contribution in [0.4, 0.5) is 8.78 Å². The predicted octanol–water partition coefficient (Wildman–Crippen LogP) is 1.86. The summed E-state index contributed by atoms with van der Waals surface area (Å²) in [5.41, 5.74) is 0.254. The summed E-state index contributed by atoms with van der Waals surface area (Å²) in [6, 6.07) is 3.13. The normalized spacial score (nSPS) is 15.2. The van der Waals surface area contributed by atoms with Gasteiger partial charge in [-0.2, -0.15) is 8.78 Å². The Labute approximate surface area is 120 Å². The van der Waals surface area contributed by atoms with Crippen molar-refractivity contribution in [3.8, 4) is 0 Å². The molecule has 0 unspecified atom stereocenters. The molecule has 1 aliphatic heterocycles. The molecule has 1 aliphatic rings. The van der Waals surface area contributed by atoms with Gasteiger partial charge in [0, 0.05) is 32.4 Å². The van der Waals surface area contributed by atoms with Crippen molar-refractivity contribution in [1.29, 1.82) is 0 Å². The highest BCUT2D eigenvalue weighted by Gasteiger charge is 2.22. The van der Waals surface area contributed by atoms with Crippen molar-refractivity contribution in [2.75, 3.05) is 26.2 Å². The van der Waals surface area contributed by atoms with E-state index in [0.717, 1.165) is 13.1 Å². The van der Waals surface area contributed by atoms with Crippen molar-refractivity contribution in [2.45, 2.75) is 10.8 Å². The van der Waals surface area contributed by atoms with E-state index in [2.05, 4.69) is 10.3 Å². The van der Waals surface area contributed by atoms with E-state index >= 15 is 0 Å². The number of nitrogens with one attached hydrogen (secondary N) is 1. The molecule has 0 radical (unpaired) electrons. The van der Waals surface area contributed by atoms with Crippen molar-refractivity contribution in [3.05, 3.63) is 23.9 Å². The van der Waals surface area contributed by atoms with Crippen LogP contribution in [0, 0.1) is 0 Å². The summed E-state index contributed by atoms with van der Waals surface area (Å²) in [6.45, 7) is 2.63. The summed E-state index contributed by atoms with van der Waals surface area (Å²) in [5, 5.41) is 3.23. The zero-order valence-electron chi connectivity index (χ0n) is 10.0. The summed E-state index contributed by atoms with van der Waals surface area (Å²) in [7, 11) is 0. The summed E-state index contributed by atoms with van der Waals surface area (Å²) < 4.78 is 24.8. The van der Waals surface area contributed by atoms with E-state index in [0.29, 0.717) is 24.9 Å². The van der Waals surface area contributed by atoms with Crippen molar-refractivity contribution in [2.24, 2.45) is 0 Å². The molecule has 0 atom stereocenters. The van der Waals surface area contributed by atoms with Crippen LogP contribution in [0.15, 0.2) is 23.4 Å². The Bertz CT molecular complexity index is 430. The second-order valence-electron chi connectivity index (χ2n) is 3.78. The van der Waals surface area contributed by atoms with Gasteiger partial charge in [-0.25, -0.2) is 4.98 Å². The first-order valence-corrected chi connectivity index (χ1v) is 6.46. The topological polar surface area (TPSA) is 45.2 Å². The van der Waals surface area contributed by atoms with Crippen LogP contribution >= 0.6 is 24.2 Å². The molecule has 2 rings (SSSR count). The van der Waals surface area contributed by atoms with Crippen LogP contribution in [-0.4, -0.2) is 47.7 Å². The highest BCUT2D eigenvalue weighted by atomic mass is 35.5. The molecular formula is C11H14ClF2N3OS. The van der Waals surface area contributed by atoms with Crippen molar-refractivity contribution in [1.82, 2.24) is 15.2 Å². The van der Waals surface area contributed by atoms with Gasteiger partial charge in [-0.3, -0.25) is 4.79 Å². The van der Waals surface area contributed by atoms with E-state index in [1.165, 1.54) is 6.20 Å². The lowest BCUT2D eigenvalue weighted by Crippen LogP contribution is -2.46. The number of aromatic nitrogens is 1. The summed E-state index contributed by atoms with van der Waals surface area (Å²) in [5.74, 6) is -2.80. The molecule has 1 N–H and O–H groups in total. The number of thioether (sulfide) groups is 1. The number of carbonyl (C=O) groups excluding carboxylic acids is 1. The van der Waals surface area contributed by atoms with Gasteiger partial charge in [0.1, 0.15) is 5.03 Å². The van der Waals surface area contributed by atoms with Gasteiger partial charge in [0.15, 0.2) is 0 Å². The fourth-order valence-electron chi connectivity index (χ4n) is 1.77. The molecule has 106 valence electrons. The molecular weight excluding hydrogens is 296 g/mol. The lowest BCUT2D eigenvalue weighted by molar-refractivity contribution is 0.0731. The van der Waals surface area contributed by atoms with Crippen LogP contribution in [0.5, 0.6) is 0 Å². The van der Waals surface area contributed by atoms with Crippen LogP contribution in [-0.2, 0) is 0 Å². The minimum atomic E-state index is -2.57. The van der Waals surface area contributed by atoms with Crippen molar-refractivity contribution >= 4 is 30.1 Å². The fourth-order valence-corrected chi connectivity index (χ4v) is 2.34. The van der Waals surface area contributed by atoms with Crippen molar-refractivity contribution < 1.29 is 13.6 Å². The van der Waals surface area contributed by atoms with E-state index in [1.807, 2.05) is 0 Å². The van der Waals surface area contributed by atoms with E-state index in [-0.39, 0.29) is 28.9 Å². The average Bonchev–Trinajstić information content (AvgIpc) is 2.39. The van der Waals surface area contributed by atoms with Crippen LogP contribution < -0.4 is 5.32 Å². The van der Waals surface area contributed by atoms with Gasteiger partial charge in [0.05, 0.1) is 5.56 Å². The minimum absolute atomic E-state index is 0. The van der Waals surface area contributed by atoms with Gasteiger partial charge < -0.3 is 10.2 Å². The number of rotatable bonds is 3. The second-order valence-corrected chi connectivity index (χ2v) is 4.76. The number of nitrogens with zero attached hydrogens (tertiary/aromatic N) is 2. The van der Waals surface area contributed by atoms with Crippen LogP contribution in [0.25, 0.3) is 0 Å². The number of alkyl halides is 2. The third kappa shape index (κ3) is 4.29. The zero-order chi connectivity index (χ0) is 13.0. The van der Waals surface area contributed by atoms with E-state index in [4.69, 9.17) is 0 Å². The second kappa shape index (κ2) is 7.62. The highest BCUT2D eigenvalue weighted by Crippen LogP contribution is 2.27. The molecule has 4 nitrogen and oxygen atoms in total. The molecule has 1 aromatic heterocycles. The standard InChI is InChI=1S/C11H13F2N3OS.ClH/c12-11(13)18-9-8(2-1-3-15-9)10(17)16-6-4-14-5-7-16;/h1-3,11,14H,4-7H2;1H. The average molecular weight is 310 g/mol. The molecule has 2 heterocycles. The lowest BCUT2D eigenvalue weighted by Gasteiger charge is -2.27. The zero-order valence-corrected chi connectivity index (χ0v) is 11.6. The third-order valence-electron chi connectivity index (χ3n) is 2.61. The lowest BCUT2D eigenvalue weighted by atomic mass is 10.2. The van der Waals surface area contributed by atoms with Crippen molar-refractivity contribution in [3.63, 3.8) is 0 Å². The van der Waals surface area contributed by atoms with E-state index in [1.54, 1.807) is 17.0 Å². The molecule has 1 saturated heterocycles. The number of piperazine rings is 1. The third-order valence-corrected chi connectivity index (χ3v) is 3.33. The molecule has 0 aromatic carbocycles. The molecule has 1 aromatic rings. The maximum absolute atomic E-state index is 12.4. The van der Waals surface area contributed by atoms with Gasteiger partial charge in [-0.05, 0) is 23.9 Å². The smallest absolute Gasteiger partial charge is 0.290 e. The summed E-state index contributed by atoms with van der Waals surface area (Å²) in [6.07, 6.45) is 1.42. The molecule has 0 aliphatic carbocycles. The molecule has 1 amide bonds. The highest BCUT2D eigenvalue weighted by molar-refractivity contribution is 7.99. The Morgan fingerprint density at radius 2 is 2.11 bits per heavy atom. The molecule has 0 bridgehead atoms. The molecule has 0 spiro atoms. The molecule has 1 fully saturated rings. The molecule has 0 saturated carbocycles.